The van der Waals surface area contributed by atoms with E-state index < -0.39 is 0 Å². The molecule has 3 N–H and O–H groups in total. The van der Waals surface area contributed by atoms with E-state index in [0.29, 0.717) is 5.13 Å². The molecule has 0 aliphatic carbocycles. The number of H-pyrrole nitrogens is 1. The fourth-order valence-corrected chi connectivity index (χ4v) is 2.19. The summed E-state index contributed by atoms with van der Waals surface area (Å²) in [5.41, 5.74) is 8.66. The SMILES string of the molecule is Nc1nc(-c2cc3ccccc3[nH]2)cs1. The van der Waals surface area contributed by atoms with Crippen molar-refractivity contribution < 1.29 is 0 Å². The monoisotopic (exact) mass is 215 g/mol. The lowest BCUT2D eigenvalue weighted by molar-refractivity contribution is 1.36. The molecule has 15 heavy (non-hydrogen) atoms. The van der Waals surface area contributed by atoms with Gasteiger partial charge in [0, 0.05) is 16.3 Å². The molecular formula is C11H9N3S. The Bertz CT molecular complexity index is 576. The molecular weight excluding hydrogens is 206 g/mol. The van der Waals surface area contributed by atoms with Crippen LogP contribution < -0.4 is 5.73 Å². The highest BCUT2D eigenvalue weighted by Crippen LogP contribution is 2.25. The van der Waals surface area contributed by atoms with Crippen molar-refractivity contribution in [3.05, 3.63) is 35.7 Å². The minimum Gasteiger partial charge on any atom is -0.375 e. The van der Waals surface area contributed by atoms with Crippen molar-refractivity contribution in [2.75, 3.05) is 5.73 Å². The van der Waals surface area contributed by atoms with E-state index in [1.165, 1.54) is 16.7 Å². The molecule has 4 heteroatoms. The summed E-state index contributed by atoms with van der Waals surface area (Å²) in [6.07, 6.45) is 0. The summed E-state index contributed by atoms with van der Waals surface area (Å²) < 4.78 is 0. The molecule has 2 heterocycles. The van der Waals surface area contributed by atoms with Crippen LogP contribution in [0.2, 0.25) is 0 Å². The van der Waals surface area contributed by atoms with Gasteiger partial charge in [0.15, 0.2) is 5.13 Å². The number of aromatic amines is 1. The highest BCUT2D eigenvalue weighted by Gasteiger charge is 2.05. The maximum absolute atomic E-state index is 5.60. The number of hydrogen-bond acceptors (Lipinski definition) is 3. The zero-order valence-electron chi connectivity index (χ0n) is 7.90. The minimum atomic E-state index is 0.601. The predicted octanol–water partition coefficient (Wildman–Crippen LogP) is 2.87. The number of hydrogen-bond donors (Lipinski definition) is 2. The quantitative estimate of drug-likeness (QED) is 0.655. The van der Waals surface area contributed by atoms with E-state index in [0.717, 1.165) is 16.9 Å². The summed E-state index contributed by atoms with van der Waals surface area (Å²) in [6, 6.07) is 10.2. The number of fused-ring (bicyclic) bond motifs is 1. The number of thiazole rings is 1. The third-order valence-electron chi connectivity index (χ3n) is 2.33. The Labute approximate surface area is 90.6 Å². The van der Waals surface area contributed by atoms with Crippen molar-refractivity contribution in [3.63, 3.8) is 0 Å². The third kappa shape index (κ3) is 1.39. The van der Waals surface area contributed by atoms with Crippen LogP contribution in [-0.4, -0.2) is 9.97 Å². The first-order chi connectivity index (χ1) is 7.33. The average molecular weight is 215 g/mol. The number of nitrogens with two attached hydrogens (primary N) is 1. The standard InChI is InChI=1S/C11H9N3S/c12-11-14-10(6-15-11)9-5-7-3-1-2-4-8(7)13-9/h1-6,13H,(H2,12,14). The highest BCUT2D eigenvalue weighted by molar-refractivity contribution is 7.13. The largest absolute Gasteiger partial charge is 0.375 e. The molecule has 0 bridgehead atoms. The highest BCUT2D eigenvalue weighted by atomic mass is 32.1. The van der Waals surface area contributed by atoms with Crippen molar-refractivity contribution in [1.82, 2.24) is 9.97 Å². The van der Waals surface area contributed by atoms with Gasteiger partial charge in [0.25, 0.3) is 0 Å². The Hall–Kier alpha value is -1.81. The maximum atomic E-state index is 5.60. The van der Waals surface area contributed by atoms with Gasteiger partial charge in [0.1, 0.15) is 0 Å². The third-order valence-corrected chi connectivity index (χ3v) is 3.00. The summed E-state index contributed by atoms with van der Waals surface area (Å²) in [6.45, 7) is 0. The van der Waals surface area contributed by atoms with E-state index in [4.69, 9.17) is 5.73 Å². The molecule has 0 radical (unpaired) electrons. The number of benzene rings is 1. The van der Waals surface area contributed by atoms with Crippen molar-refractivity contribution in [3.8, 4) is 11.4 Å². The van der Waals surface area contributed by atoms with Crippen LogP contribution in [0.5, 0.6) is 0 Å². The van der Waals surface area contributed by atoms with Gasteiger partial charge in [-0.15, -0.1) is 11.3 Å². The topological polar surface area (TPSA) is 54.7 Å². The van der Waals surface area contributed by atoms with Gasteiger partial charge in [0.2, 0.25) is 0 Å². The lowest BCUT2D eigenvalue weighted by Crippen LogP contribution is -1.82. The fraction of sp³-hybridized carbons (Fsp3) is 0. The molecule has 0 unspecified atom stereocenters. The van der Waals surface area contributed by atoms with Crippen molar-refractivity contribution >= 4 is 27.4 Å². The smallest absolute Gasteiger partial charge is 0.180 e. The Balaban J connectivity index is 2.19. The number of nitrogens with zero attached hydrogens (tertiary/aromatic N) is 1. The second kappa shape index (κ2) is 3.10. The molecule has 0 spiro atoms. The van der Waals surface area contributed by atoms with E-state index in [2.05, 4.69) is 28.2 Å². The van der Waals surface area contributed by atoms with E-state index >= 15 is 0 Å². The van der Waals surface area contributed by atoms with Crippen LogP contribution >= 0.6 is 11.3 Å². The van der Waals surface area contributed by atoms with Gasteiger partial charge in [-0.25, -0.2) is 4.98 Å². The van der Waals surface area contributed by atoms with Gasteiger partial charge < -0.3 is 10.7 Å². The van der Waals surface area contributed by atoms with Crippen LogP contribution in [0.4, 0.5) is 5.13 Å². The Morgan fingerprint density at radius 3 is 2.87 bits per heavy atom. The first kappa shape index (κ1) is 8.49. The van der Waals surface area contributed by atoms with Gasteiger partial charge in [-0.3, -0.25) is 0 Å². The zero-order chi connectivity index (χ0) is 10.3. The lowest BCUT2D eigenvalue weighted by Gasteiger charge is -1.88. The normalized spacial score (nSPS) is 10.9. The van der Waals surface area contributed by atoms with Gasteiger partial charge in [0.05, 0.1) is 11.4 Å². The summed E-state index contributed by atoms with van der Waals surface area (Å²) in [4.78, 5) is 7.56. The van der Waals surface area contributed by atoms with E-state index in [1.807, 2.05) is 17.5 Å². The molecule has 74 valence electrons. The minimum absolute atomic E-state index is 0.601. The molecule has 0 fully saturated rings. The Kier molecular flexibility index (Phi) is 1.76. The molecule has 0 aliphatic rings. The first-order valence-electron chi connectivity index (χ1n) is 4.62. The van der Waals surface area contributed by atoms with E-state index in [1.54, 1.807) is 0 Å². The van der Waals surface area contributed by atoms with E-state index in [9.17, 15) is 0 Å². The van der Waals surface area contributed by atoms with Crippen LogP contribution in [0.15, 0.2) is 35.7 Å². The molecule has 0 aliphatic heterocycles. The fourth-order valence-electron chi connectivity index (χ4n) is 1.62. The zero-order valence-corrected chi connectivity index (χ0v) is 8.71. The number of rotatable bonds is 1. The molecule has 3 nitrogen and oxygen atoms in total. The predicted molar refractivity (Wildman–Crippen MR) is 63.8 cm³/mol. The first-order valence-corrected chi connectivity index (χ1v) is 5.50. The summed E-state index contributed by atoms with van der Waals surface area (Å²) in [5, 5.41) is 3.75. The molecule has 3 rings (SSSR count). The van der Waals surface area contributed by atoms with Crippen LogP contribution in [-0.2, 0) is 0 Å². The number of anilines is 1. The number of nitrogen functional groups attached to an aromatic ring is 1. The molecule has 3 aromatic rings. The second-order valence-electron chi connectivity index (χ2n) is 3.34. The van der Waals surface area contributed by atoms with Gasteiger partial charge in [-0.05, 0) is 12.1 Å². The van der Waals surface area contributed by atoms with Crippen molar-refractivity contribution in [1.29, 1.82) is 0 Å². The molecule has 0 saturated heterocycles. The molecule has 0 amide bonds. The Morgan fingerprint density at radius 2 is 2.13 bits per heavy atom. The lowest BCUT2D eigenvalue weighted by atomic mass is 10.2. The van der Waals surface area contributed by atoms with Crippen LogP contribution in [0.1, 0.15) is 0 Å². The van der Waals surface area contributed by atoms with Crippen molar-refractivity contribution in [2.45, 2.75) is 0 Å². The number of aromatic nitrogens is 2. The molecule has 0 saturated carbocycles. The van der Waals surface area contributed by atoms with Gasteiger partial charge >= 0.3 is 0 Å². The summed E-state index contributed by atoms with van der Waals surface area (Å²) >= 11 is 1.46. The van der Waals surface area contributed by atoms with Crippen molar-refractivity contribution in [2.24, 2.45) is 0 Å². The van der Waals surface area contributed by atoms with E-state index in [-0.39, 0.29) is 0 Å². The maximum Gasteiger partial charge on any atom is 0.180 e. The average Bonchev–Trinajstić information content (AvgIpc) is 2.82. The van der Waals surface area contributed by atoms with Crippen LogP contribution in [0, 0.1) is 0 Å². The molecule has 2 aromatic heterocycles. The number of para-hydroxylation sites is 1. The van der Waals surface area contributed by atoms with Crippen LogP contribution in [0.25, 0.3) is 22.3 Å². The molecule has 0 atom stereocenters. The summed E-state index contributed by atoms with van der Waals surface area (Å²) in [5.74, 6) is 0. The Morgan fingerprint density at radius 1 is 1.27 bits per heavy atom. The van der Waals surface area contributed by atoms with Gasteiger partial charge in [-0.1, -0.05) is 18.2 Å². The number of nitrogens with one attached hydrogen (secondary N) is 1. The van der Waals surface area contributed by atoms with Gasteiger partial charge in [-0.2, -0.15) is 0 Å². The van der Waals surface area contributed by atoms with Crippen LogP contribution in [0.3, 0.4) is 0 Å². The molecule has 1 aromatic carbocycles. The second-order valence-corrected chi connectivity index (χ2v) is 4.23. The summed E-state index contributed by atoms with van der Waals surface area (Å²) in [7, 11) is 0.